The van der Waals surface area contributed by atoms with Crippen molar-refractivity contribution in [3.63, 3.8) is 0 Å². The lowest BCUT2D eigenvalue weighted by molar-refractivity contribution is -0.0799. The molecular formula is C14H20ClFN2O. The summed E-state index contributed by atoms with van der Waals surface area (Å²) in [6.07, 6.45) is 0.324. The van der Waals surface area contributed by atoms with E-state index in [1.165, 1.54) is 6.07 Å². The van der Waals surface area contributed by atoms with Crippen molar-refractivity contribution >= 4 is 11.6 Å². The number of nitrogens with zero attached hydrogens (tertiary/aromatic N) is 1. The van der Waals surface area contributed by atoms with E-state index < -0.39 is 5.82 Å². The number of hydrogen-bond acceptors (Lipinski definition) is 3. The highest BCUT2D eigenvalue weighted by atomic mass is 35.5. The lowest BCUT2D eigenvalue weighted by atomic mass is 10.0. The molecule has 0 aromatic heterocycles. The van der Waals surface area contributed by atoms with Crippen LogP contribution in [0.3, 0.4) is 0 Å². The molecule has 0 aliphatic carbocycles. The third-order valence-electron chi connectivity index (χ3n) is 3.44. The summed E-state index contributed by atoms with van der Waals surface area (Å²) in [4.78, 5) is 2.25. The third-order valence-corrected chi connectivity index (χ3v) is 3.75. The Morgan fingerprint density at radius 2 is 2.05 bits per heavy atom. The van der Waals surface area contributed by atoms with Gasteiger partial charge in [0.1, 0.15) is 5.82 Å². The zero-order chi connectivity index (χ0) is 14.0. The fourth-order valence-electron chi connectivity index (χ4n) is 2.69. The molecule has 0 radical (unpaired) electrons. The van der Waals surface area contributed by atoms with Crippen molar-refractivity contribution in [1.82, 2.24) is 4.90 Å². The first kappa shape index (κ1) is 14.7. The molecule has 0 spiro atoms. The SMILES string of the molecule is CC1CN(C(CN)c2ccc(Cl)c(F)c2)CC(C)O1. The molecule has 2 rings (SSSR count). The minimum Gasteiger partial charge on any atom is -0.373 e. The van der Waals surface area contributed by atoms with Crippen LogP contribution in [0.1, 0.15) is 25.5 Å². The van der Waals surface area contributed by atoms with Gasteiger partial charge >= 0.3 is 0 Å². The molecule has 2 N–H and O–H groups in total. The first-order valence-corrected chi connectivity index (χ1v) is 6.93. The van der Waals surface area contributed by atoms with Crippen molar-refractivity contribution in [3.8, 4) is 0 Å². The summed E-state index contributed by atoms with van der Waals surface area (Å²) < 4.78 is 19.3. The fourth-order valence-corrected chi connectivity index (χ4v) is 2.81. The van der Waals surface area contributed by atoms with Gasteiger partial charge in [-0.1, -0.05) is 17.7 Å². The van der Waals surface area contributed by atoms with Crippen molar-refractivity contribution in [1.29, 1.82) is 0 Å². The highest BCUT2D eigenvalue weighted by Gasteiger charge is 2.28. The number of halogens is 2. The van der Waals surface area contributed by atoms with Crippen LogP contribution < -0.4 is 5.73 Å². The van der Waals surface area contributed by atoms with Crippen LogP contribution in [0.5, 0.6) is 0 Å². The first-order valence-electron chi connectivity index (χ1n) is 6.55. The van der Waals surface area contributed by atoms with Gasteiger partial charge < -0.3 is 10.5 Å². The van der Waals surface area contributed by atoms with Crippen LogP contribution in [0, 0.1) is 5.82 Å². The zero-order valence-electron chi connectivity index (χ0n) is 11.3. The van der Waals surface area contributed by atoms with Crippen LogP contribution in [0.4, 0.5) is 4.39 Å². The van der Waals surface area contributed by atoms with E-state index in [-0.39, 0.29) is 23.3 Å². The average Bonchev–Trinajstić information content (AvgIpc) is 2.33. The lowest BCUT2D eigenvalue weighted by Gasteiger charge is -2.40. The average molecular weight is 287 g/mol. The van der Waals surface area contributed by atoms with Crippen molar-refractivity contribution in [2.24, 2.45) is 5.73 Å². The van der Waals surface area contributed by atoms with E-state index in [9.17, 15) is 4.39 Å². The minimum absolute atomic E-state index is 0.000525. The van der Waals surface area contributed by atoms with Gasteiger partial charge in [0.05, 0.1) is 17.2 Å². The molecule has 1 aromatic rings. The van der Waals surface area contributed by atoms with Gasteiger partial charge in [-0.3, -0.25) is 4.90 Å². The van der Waals surface area contributed by atoms with Crippen LogP contribution in [0.2, 0.25) is 5.02 Å². The number of rotatable bonds is 3. The van der Waals surface area contributed by atoms with Crippen LogP contribution in [-0.2, 0) is 4.74 Å². The number of nitrogens with two attached hydrogens (primary N) is 1. The zero-order valence-corrected chi connectivity index (χ0v) is 12.0. The molecular weight excluding hydrogens is 267 g/mol. The monoisotopic (exact) mass is 286 g/mol. The summed E-state index contributed by atoms with van der Waals surface area (Å²) in [7, 11) is 0. The van der Waals surface area contributed by atoms with Crippen LogP contribution in [-0.4, -0.2) is 36.7 Å². The number of morpholine rings is 1. The van der Waals surface area contributed by atoms with Crippen LogP contribution in [0.15, 0.2) is 18.2 Å². The molecule has 1 aliphatic heterocycles. The summed E-state index contributed by atoms with van der Waals surface area (Å²) in [5.74, 6) is -0.396. The normalized spacial score (nSPS) is 26.4. The molecule has 1 aliphatic rings. The van der Waals surface area contributed by atoms with E-state index >= 15 is 0 Å². The summed E-state index contributed by atoms with van der Waals surface area (Å²) in [5, 5.41) is 0.142. The third kappa shape index (κ3) is 3.45. The van der Waals surface area contributed by atoms with E-state index in [1.807, 2.05) is 19.9 Å². The second-order valence-electron chi connectivity index (χ2n) is 5.14. The molecule has 19 heavy (non-hydrogen) atoms. The molecule has 1 aromatic carbocycles. The van der Waals surface area contributed by atoms with E-state index in [2.05, 4.69) is 4.90 Å². The highest BCUT2D eigenvalue weighted by molar-refractivity contribution is 6.30. The second kappa shape index (κ2) is 6.18. The Kier molecular flexibility index (Phi) is 4.79. The highest BCUT2D eigenvalue weighted by Crippen LogP contribution is 2.26. The van der Waals surface area contributed by atoms with Crippen LogP contribution in [0.25, 0.3) is 0 Å². The quantitative estimate of drug-likeness (QED) is 0.928. The molecule has 1 fully saturated rings. The maximum Gasteiger partial charge on any atom is 0.142 e. The molecule has 3 nitrogen and oxygen atoms in total. The maximum atomic E-state index is 13.6. The molecule has 3 atom stereocenters. The molecule has 0 amide bonds. The van der Waals surface area contributed by atoms with E-state index in [0.29, 0.717) is 6.54 Å². The van der Waals surface area contributed by atoms with Gasteiger partial charge in [-0.25, -0.2) is 4.39 Å². The van der Waals surface area contributed by atoms with Crippen molar-refractivity contribution in [2.45, 2.75) is 32.1 Å². The van der Waals surface area contributed by atoms with Gasteiger partial charge in [0.15, 0.2) is 0 Å². The molecule has 1 heterocycles. The van der Waals surface area contributed by atoms with E-state index in [4.69, 9.17) is 22.1 Å². The minimum atomic E-state index is -0.396. The largest absolute Gasteiger partial charge is 0.373 e. The van der Waals surface area contributed by atoms with Gasteiger partial charge in [-0.05, 0) is 31.5 Å². The number of ether oxygens (including phenoxy) is 1. The Labute approximate surface area is 118 Å². The molecule has 0 bridgehead atoms. The topological polar surface area (TPSA) is 38.5 Å². The molecule has 5 heteroatoms. The summed E-state index contributed by atoms with van der Waals surface area (Å²) >= 11 is 5.72. The van der Waals surface area contributed by atoms with Crippen molar-refractivity contribution < 1.29 is 9.13 Å². The maximum absolute atomic E-state index is 13.6. The lowest BCUT2D eigenvalue weighted by Crippen LogP contribution is -2.48. The molecule has 0 saturated carbocycles. The number of hydrogen-bond donors (Lipinski definition) is 1. The molecule has 1 saturated heterocycles. The second-order valence-corrected chi connectivity index (χ2v) is 5.54. The van der Waals surface area contributed by atoms with Gasteiger partial charge in [0, 0.05) is 25.7 Å². The van der Waals surface area contributed by atoms with Crippen molar-refractivity contribution in [2.75, 3.05) is 19.6 Å². The fraction of sp³-hybridized carbons (Fsp3) is 0.571. The number of benzene rings is 1. The van der Waals surface area contributed by atoms with Gasteiger partial charge in [-0.2, -0.15) is 0 Å². The standard InChI is InChI=1S/C14H20ClFN2O/c1-9-7-18(8-10(2)19-9)14(6-17)11-3-4-12(15)13(16)5-11/h3-5,9-10,14H,6-8,17H2,1-2H3. The summed E-state index contributed by atoms with van der Waals surface area (Å²) in [6, 6.07) is 4.90. The van der Waals surface area contributed by atoms with Gasteiger partial charge in [-0.15, -0.1) is 0 Å². The Balaban J connectivity index is 2.21. The molecule has 106 valence electrons. The Morgan fingerprint density at radius 1 is 1.42 bits per heavy atom. The summed E-state index contributed by atoms with van der Waals surface area (Å²) in [5.41, 5.74) is 6.74. The Hall–Kier alpha value is -0.680. The predicted molar refractivity (Wildman–Crippen MR) is 74.8 cm³/mol. The first-order chi connectivity index (χ1) is 9.01. The van der Waals surface area contributed by atoms with E-state index in [0.717, 1.165) is 18.7 Å². The van der Waals surface area contributed by atoms with Crippen LogP contribution >= 0.6 is 11.6 Å². The van der Waals surface area contributed by atoms with E-state index in [1.54, 1.807) is 6.07 Å². The smallest absolute Gasteiger partial charge is 0.142 e. The van der Waals surface area contributed by atoms with Crippen molar-refractivity contribution in [3.05, 3.63) is 34.6 Å². The Bertz CT molecular complexity index is 433. The Morgan fingerprint density at radius 3 is 2.58 bits per heavy atom. The van der Waals surface area contributed by atoms with Gasteiger partial charge in [0.2, 0.25) is 0 Å². The summed E-state index contributed by atoms with van der Waals surface area (Å²) in [6.45, 7) is 6.13. The molecule has 3 unspecified atom stereocenters. The van der Waals surface area contributed by atoms with Gasteiger partial charge in [0.25, 0.3) is 0 Å². The predicted octanol–water partition coefficient (Wildman–Crippen LogP) is 2.59.